The highest BCUT2D eigenvalue weighted by Crippen LogP contribution is 2.23. The van der Waals surface area contributed by atoms with Crippen LogP contribution in [-0.4, -0.2) is 16.9 Å². The number of amides is 1. The van der Waals surface area contributed by atoms with Gasteiger partial charge in [0.2, 0.25) is 0 Å². The normalized spacial score (nSPS) is 25.1. The van der Waals surface area contributed by atoms with E-state index in [2.05, 4.69) is 17.2 Å². The molecule has 0 spiro atoms. The van der Waals surface area contributed by atoms with Gasteiger partial charge in [-0.15, -0.1) is 0 Å². The zero-order valence-corrected chi connectivity index (χ0v) is 9.65. The van der Waals surface area contributed by atoms with Gasteiger partial charge in [0.1, 0.15) is 5.69 Å². The standard InChI is InChI=1S/C13H18N2O/c1-10-5-4-6-11(9-10)15-13(16)12-7-2-3-8-14-12/h2-3,7-8,10-11H,4-6,9H2,1H3,(H,15,16)/t10-,11-/m0/s1. The summed E-state index contributed by atoms with van der Waals surface area (Å²) in [6, 6.07) is 5.74. The van der Waals surface area contributed by atoms with Crippen LogP contribution in [0.15, 0.2) is 24.4 Å². The Hall–Kier alpha value is -1.38. The van der Waals surface area contributed by atoms with Gasteiger partial charge in [-0.3, -0.25) is 9.78 Å². The van der Waals surface area contributed by atoms with Crippen molar-refractivity contribution in [1.29, 1.82) is 0 Å². The van der Waals surface area contributed by atoms with Gasteiger partial charge < -0.3 is 5.32 Å². The van der Waals surface area contributed by atoms with Crippen LogP contribution in [0, 0.1) is 5.92 Å². The fourth-order valence-electron chi connectivity index (χ4n) is 2.32. The lowest BCUT2D eigenvalue weighted by Crippen LogP contribution is -2.38. The smallest absolute Gasteiger partial charge is 0.270 e. The first kappa shape index (κ1) is 11.1. The fourth-order valence-corrected chi connectivity index (χ4v) is 2.32. The monoisotopic (exact) mass is 218 g/mol. The van der Waals surface area contributed by atoms with Crippen LogP contribution in [-0.2, 0) is 0 Å². The van der Waals surface area contributed by atoms with Crippen molar-refractivity contribution in [1.82, 2.24) is 10.3 Å². The fraction of sp³-hybridized carbons (Fsp3) is 0.538. The minimum atomic E-state index is -0.0419. The molecule has 1 fully saturated rings. The van der Waals surface area contributed by atoms with Crippen LogP contribution in [0.5, 0.6) is 0 Å². The highest BCUT2D eigenvalue weighted by atomic mass is 16.1. The van der Waals surface area contributed by atoms with Gasteiger partial charge in [0, 0.05) is 12.2 Å². The SMILES string of the molecule is C[C@H]1CCC[C@H](NC(=O)c2ccccn2)C1. The summed E-state index contributed by atoms with van der Waals surface area (Å²) < 4.78 is 0. The van der Waals surface area contributed by atoms with E-state index in [-0.39, 0.29) is 5.91 Å². The second-order valence-electron chi connectivity index (χ2n) is 4.66. The third-order valence-electron chi connectivity index (χ3n) is 3.17. The molecule has 16 heavy (non-hydrogen) atoms. The van der Waals surface area contributed by atoms with Crippen molar-refractivity contribution >= 4 is 5.91 Å². The van der Waals surface area contributed by atoms with Crippen LogP contribution in [0.25, 0.3) is 0 Å². The summed E-state index contributed by atoms with van der Waals surface area (Å²) in [5, 5.41) is 3.06. The van der Waals surface area contributed by atoms with Crippen LogP contribution in [0.1, 0.15) is 43.1 Å². The zero-order valence-electron chi connectivity index (χ0n) is 9.65. The molecular weight excluding hydrogens is 200 g/mol. The Morgan fingerprint density at radius 1 is 1.44 bits per heavy atom. The summed E-state index contributed by atoms with van der Waals surface area (Å²) in [7, 11) is 0. The first-order valence-corrected chi connectivity index (χ1v) is 5.97. The molecule has 86 valence electrons. The van der Waals surface area contributed by atoms with E-state index < -0.39 is 0 Å². The van der Waals surface area contributed by atoms with Gasteiger partial charge in [0.15, 0.2) is 0 Å². The first-order chi connectivity index (χ1) is 7.75. The lowest BCUT2D eigenvalue weighted by molar-refractivity contribution is 0.0916. The van der Waals surface area contributed by atoms with E-state index in [4.69, 9.17) is 0 Å². The maximum atomic E-state index is 11.8. The molecule has 0 aliphatic heterocycles. The number of carbonyl (C=O) groups is 1. The van der Waals surface area contributed by atoms with Crippen molar-refractivity contribution in [2.24, 2.45) is 5.92 Å². The molecule has 1 saturated carbocycles. The number of rotatable bonds is 2. The third kappa shape index (κ3) is 2.81. The lowest BCUT2D eigenvalue weighted by Gasteiger charge is -2.27. The van der Waals surface area contributed by atoms with Crippen LogP contribution in [0.3, 0.4) is 0 Å². The predicted octanol–water partition coefficient (Wildman–Crippen LogP) is 2.39. The molecule has 0 unspecified atom stereocenters. The molecule has 1 aromatic heterocycles. The van der Waals surface area contributed by atoms with Gasteiger partial charge in [0.25, 0.3) is 5.91 Å². The van der Waals surface area contributed by atoms with Crippen LogP contribution in [0.4, 0.5) is 0 Å². The number of carbonyl (C=O) groups excluding carboxylic acids is 1. The summed E-state index contributed by atoms with van der Waals surface area (Å²) in [5.41, 5.74) is 0.515. The summed E-state index contributed by atoms with van der Waals surface area (Å²) in [4.78, 5) is 15.9. The quantitative estimate of drug-likeness (QED) is 0.828. The van der Waals surface area contributed by atoms with Crippen LogP contribution < -0.4 is 5.32 Å². The molecule has 1 heterocycles. The Morgan fingerprint density at radius 3 is 3.00 bits per heavy atom. The Kier molecular flexibility index (Phi) is 3.54. The van der Waals surface area contributed by atoms with E-state index in [0.29, 0.717) is 11.7 Å². The molecule has 3 heteroatoms. The van der Waals surface area contributed by atoms with E-state index in [1.165, 1.54) is 12.8 Å². The third-order valence-corrected chi connectivity index (χ3v) is 3.17. The highest BCUT2D eigenvalue weighted by molar-refractivity contribution is 5.92. The van der Waals surface area contributed by atoms with E-state index >= 15 is 0 Å². The van der Waals surface area contributed by atoms with Gasteiger partial charge in [-0.25, -0.2) is 0 Å². The Balaban J connectivity index is 1.92. The summed E-state index contributed by atoms with van der Waals surface area (Å²) in [6.07, 6.45) is 6.35. The van der Waals surface area contributed by atoms with Crippen molar-refractivity contribution in [3.05, 3.63) is 30.1 Å². The van der Waals surface area contributed by atoms with Crippen molar-refractivity contribution in [3.8, 4) is 0 Å². The molecule has 0 saturated heterocycles. The summed E-state index contributed by atoms with van der Waals surface area (Å²) in [6.45, 7) is 2.25. The molecule has 1 N–H and O–H groups in total. The van der Waals surface area contributed by atoms with E-state index in [0.717, 1.165) is 18.8 Å². The largest absolute Gasteiger partial charge is 0.348 e. The van der Waals surface area contributed by atoms with Crippen LogP contribution in [0.2, 0.25) is 0 Å². The number of hydrogen-bond acceptors (Lipinski definition) is 2. The van der Waals surface area contributed by atoms with E-state index in [1.54, 1.807) is 12.3 Å². The lowest BCUT2D eigenvalue weighted by atomic mass is 9.87. The molecule has 1 aromatic rings. The van der Waals surface area contributed by atoms with Crippen molar-refractivity contribution in [3.63, 3.8) is 0 Å². The summed E-state index contributed by atoms with van der Waals surface area (Å²) in [5.74, 6) is 0.683. The maximum absolute atomic E-state index is 11.8. The first-order valence-electron chi connectivity index (χ1n) is 5.97. The average Bonchev–Trinajstić information content (AvgIpc) is 2.30. The van der Waals surface area contributed by atoms with E-state index in [9.17, 15) is 4.79 Å². The average molecular weight is 218 g/mol. The molecule has 1 aliphatic rings. The molecule has 0 bridgehead atoms. The van der Waals surface area contributed by atoms with Gasteiger partial charge in [0.05, 0.1) is 0 Å². The van der Waals surface area contributed by atoms with Gasteiger partial charge in [-0.1, -0.05) is 25.8 Å². The number of nitrogens with zero attached hydrogens (tertiary/aromatic N) is 1. The van der Waals surface area contributed by atoms with Gasteiger partial charge >= 0.3 is 0 Å². The summed E-state index contributed by atoms with van der Waals surface area (Å²) >= 11 is 0. The zero-order chi connectivity index (χ0) is 11.4. The van der Waals surface area contributed by atoms with E-state index in [1.807, 2.05) is 12.1 Å². The van der Waals surface area contributed by atoms with Gasteiger partial charge in [-0.2, -0.15) is 0 Å². The Bertz CT molecular complexity index is 350. The Labute approximate surface area is 96.3 Å². The van der Waals surface area contributed by atoms with Crippen LogP contribution >= 0.6 is 0 Å². The minimum absolute atomic E-state index is 0.0419. The molecular formula is C13H18N2O. The molecule has 0 aromatic carbocycles. The topological polar surface area (TPSA) is 42.0 Å². The molecule has 1 aliphatic carbocycles. The second-order valence-corrected chi connectivity index (χ2v) is 4.66. The maximum Gasteiger partial charge on any atom is 0.270 e. The Morgan fingerprint density at radius 2 is 2.31 bits per heavy atom. The highest BCUT2D eigenvalue weighted by Gasteiger charge is 2.20. The van der Waals surface area contributed by atoms with Crippen molar-refractivity contribution < 1.29 is 4.79 Å². The van der Waals surface area contributed by atoms with Crippen molar-refractivity contribution in [2.45, 2.75) is 38.6 Å². The predicted molar refractivity (Wildman–Crippen MR) is 63.1 cm³/mol. The number of pyridine rings is 1. The molecule has 2 rings (SSSR count). The second kappa shape index (κ2) is 5.10. The number of aromatic nitrogens is 1. The molecule has 2 atom stereocenters. The molecule has 3 nitrogen and oxygen atoms in total. The molecule has 0 radical (unpaired) electrons. The minimum Gasteiger partial charge on any atom is -0.348 e. The van der Waals surface area contributed by atoms with Crippen molar-refractivity contribution in [2.75, 3.05) is 0 Å². The van der Waals surface area contributed by atoms with Gasteiger partial charge in [-0.05, 0) is 30.9 Å². The number of hydrogen-bond donors (Lipinski definition) is 1. The number of nitrogens with one attached hydrogen (secondary N) is 1. The molecule has 1 amide bonds.